The second-order valence-corrected chi connectivity index (χ2v) is 7.40. The van der Waals surface area contributed by atoms with Crippen LogP contribution in [0.2, 0.25) is 0 Å². The van der Waals surface area contributed by atoms with Crippen LogP contribution in [0, 0.1) is 0 Å². The first-order valence-electron chi connectivity index (χ1n) is 7.75. The van der Waals surface area contributed by atoms with Crippen molar-refractivity contribution in [2.24, 2.45) is 0 Å². The summed E-state index contributed by atoms with van der Waals surface area (Å²) < 4.78 is 39.0. The predicted molar refractivity (Wildman–Crippen MR) is 82.9 cm³/mol. The minimum Gasteiger partial charge on any atom is -0.486 e. The Kier molecular flexibility index (Phi) is 4.56. The Bertz CT molecular complexity index is 626. The van der Waals surface area contributed by atoms with Crippen molar-refractivity contribution in [3.63, 3.8) is 0 Å². The summed E-state index contributed by atoms with van der Waals surface area (Å²) in [6.45, 7) is 4.88. The Morgan fingerprint density at radius 2 is 2.14 bits per heavy atom. The summed E-state index contributed by atoms with van der Waals surface area (Å²) >= 11 is 0. The summed E-state index contributed by atoms with van der Waals surface area (Å²) in [4.78, 5) is 0.213. The number of rotatable bonds is 5. The molecule has 2 heterocycles. The summed E-state index contributed by atoms with van der Waals surface area (Å²) in [6, 6.07) is 5.06. The molecular formula is C15H22N2O4S. The number of nitrogens with zero attached hydrogens (tertiary/aromatic N) is 1. The van der Waals surface area contributed by atoms with E-state index in [2.05, 4.69) is 5.32 Å². The lowest BCUT2D eigenvalue weighted by Crippen LogP contribution is -2.42. The maximum Gasteiger partial charge on any atom is 0.247 e. The first kappa shape index (κ1) is 15.6. The number of hydrogen-bond donors (Lipinski definition) is 1. The highest BCUT2D eigenvalue weighted by Crippen LogP contribution is 2.38. The van der Waals surface area contributed by atoms with Crippen molar-refractivity contribution < 1.29 is 17.9 Å². The van der Waals surface area contributed by atoms with Gasteiger partial charge < -0.3 is 14.8 Å². The average molecular weight is 326 g/mol. The van der Waals surface area contributed by atoms with Gasteiger partial charge in [-0.3, -0.25) is 0 Å². The maximum absolute atomic E-state index is 13.1. The number of fused-ring (bicyclic) bond motifs is 1. The number of sulfonamides is 1. The fourth-order valence-electron chi connectivity index (χ4n) is 2.98. The van der Waals surface area contributed by atoms with Crippen molar-refractivity contribution in [1.29, 1.82) is 0 Å². The molecular weight excluding hydrogens is 304 g/mol. The van der Waals surface area contributed by atoms with Gasteiger partial charge in [-0.15, -0.1) is 0 Å². The van der Waals surface area contributed by atoms with E-state index in [0.717, 1.165) is 19.4 Å². The Balaban J connectivity index is 2.00. The molecule has 7 heteroatoms. The van der Waals surface area contributed by atoms with E-state index in [9.17, 15) is 8.42 Å². The second-order valence-electron chi connectivity index (χ2n) is 5.54. The van der Waals surface area contributed by atoms with E-state index >= 15 is 0 Å². The zero-order valence-electron chi connectivity index (χ0n) is 12.7. The fourth-order valence-corrected chi connectivity index (χ4v) is 4.87. The first-order chi connectivity index (χ1) is 10.6. The summed E-state index contributed by atoms with van der Waals surface area (Å²) in [5, 5.41) is 3.24. The van der Waals surface area contributed by atoms with Crippen molar-refractivity contribution in [3.05, 3.63) is 18.2 Å². The van der Waals surface area contributed by atoms with Gasteiger partial charge in [-0.2, -0.15) is 4.31 Å². The molecule has 2 aliphatic rings. The van der Waals surface area contributed by atoms with Gasteiger partial charge in [0, 0.05) is 19.1 Å². The molecule has 0 bridgehead atoms. The lowest BCUT2D eigenvalue weighted by Gasteiger charge is -2.29. The van der Waals surface area contributed by atoms with E-state index < -0.39 is 10.0 Å². The summed E-state index contributed by atoms with van der Waals surface area (Å²) in [6.07, 6.45) is 1.62. The van der Waals surface area contributed by atoms with Gasteiger partial charge in [0.1, 0.15) is 18.1 Å². The third kappa shape index (κ3) is 2.80. The predicted octanol–water partition coefficient (Wildman–Crippen LogP) is 1.22. The van der Waals surface area contributed by atoms with Crippen LogP contribution < -0.4 is 14.8 Å². The largest absolute Gasteiger partial charge is 0.486 e. The van der Waals surface area contributed by atoms with E-state index in [4.69, 9.17) is 9.47 Å². The van der Waals surface area contributed by atoms with Gasteiger partial charge in [0.05, 0.1) is 0 Å². The number of para-hydroxylation sites is 1. The topological polar surface area (TPSA) is 67.9 Å². The Hall–Kier alpha value is -1.31. The lowest BCUT2D eigenvalue weighted by atomic mass is 10.2. The highest BCUT2D eigenvalue weighted by Gasteiger charge is 2.35. The first-order valence-corrected chi connectivity index (χ1v) is 9.19. The molecule has 0 saturated carbocycles. The van der Waals surface area contributed by atoms with Crippen LogP contribution in [0.15, 0.2) is 23.1 Å². The fraction of sp³-hybridized carbons (Fsp3) is 0.600. The van der Waals surface area contributed by atoms with Gasteiger partial charge in [-0.1, -0.05) is 13.0 Å². The molecule has 1 aromatic carbocycles. The Labute approximate surface area is 131 Å². The van der Waals surface area contributed by atoms with Crippen molar-refractivity contribution >= 4 is 10.0 Å². The minimum absolute atomic E-state index is 0.00492. The van der Waals surface area contributed by atoms with Crippen molar-refractivity contribution in [2.75, 3.05) is 32.8 Å². The van der Waals surface area contributed by atoms with Gasteiger partial charge >= 0.3 is 0 Å². The van der Waals surface area contributed by atoms with Crippen LogP contribution >= 0.6 is 0 Å². The van der Waals surface area contributed by atoms with E-state index in [-0.39, 0.29) is 10.9 Å². The molecule has 122 valence electrons. The molecule has 0 amide bonds. The number of ether oxygens (including phenoxy) is 2. The molecule has 0 spiro atoms. The van der Waals surface area contributed by atoms with Gasteiger partial charge in [0.25, 0.3) is 0 Å². The van der Waals surface area contributed by atoms with E-state index in [1.807, 2.05) is 6.92 Å². The molecule has 22 heavy (non-hydrogen) atoms. The van der Waals surface area contributed by atoms with Crippen LogP contribution in [0.5, 0.6) is 11.5 Å². The van der Waals surface area contributed by atoms with Crippen LogP contribution in [0.25, 0.3) is 0 Å². The monoisotopic (exact) mass is 326 g/mol. The van der Waals surface area contributed by atoms with Crippen LogP contribution in [0.3, 0.4) is 0 Å². The third-order valence-electron chi connectivity index (χ3n) is 4.00. The minimum atomic E-state index is -3.60. The molecule has 3 rings (SSSR count). The summed E-state index contributed by atoms with van der Waals surface area (Å²) in [7, 11) is -3.60. The lowest BCUT2D eigenvalue weighted by molar-refractivity contribution is 0.166. The maximum atomic E-state index is 13.1. The quantitative estimate of drug-likeness (QED) is 0.881. The Morgan fingerprint density at radius 1 is 1.32 bits per heavy atom. The van der Waals surface area contributed by atoms with Gasteiger partial charge in [0.2, 0.25) is 10.0 Å². The van der Waals surface area contributed by atoms with Crippen LogP contribution in [0.1, 0.15) is 19.8 Å². The molecule has 1 unspecified atom stereocenters. The normalized spacial score (nSPS) is 21.3. The third-order valence-corrected chi connectivity index (χ3v) is 5.98. The smallest absolute Gasteiger partial charge is 0.247 e. The highest BCUT2D eigenvalue weighted by molar-refractivity contribution is 7.89. The average Bonchev–Trinajstić information content (AvgIpc) is 3.05. The molecule has 0 radical (unpaired) electrons. The molecule has 0 aromatic heterocycles. The zero-order valence-corrected chi connectivity index (χ0v) is 13.6. The molecule has 6 nitrogen and oxygen atoms in total. The van der Waals surface area contributed by atoms with Crippen molar-refractivity contribution in [1.82, 2.24) is 9.62 Å². The number of nitrogens with one attached hydrogen (secondary N) is 1. The standard InChI is InChI=1S/C15H22N2O4S/c1-2-8-17(12-6-7-16-11-12)22(18,19)14-5-3-4-13-15(14)21-10-9-20-13/h3-5,12,16H,2,6-11H2,1H3. The van der Waals surface area contributed by atoms with Crippen LogP contribution in [-0.4, -0.2) is 51.6 Å². The molecule has 1 fully saturated rings. The van der Waals surface area contributed by atoms with Gasteiger partial charge in [0.15, 0.2) is 11.5 Å². The van der Waals surface area contributed by atoms with Crippen LogP contribution in [-0.2, 0) is 10.0 Å². The van der Waals surface area contributed by atoms with E-state index in [1.54, 1.807) is 22.5 Å². The second kappa shape index (κ2) is 6.44. The SMILES string of the molecule is CCCN(C1CCNC1)S(=O)(=O)c1cccc2c1OCCO2. The van der Waals surface area contributed by atoms with Gasteiger partial charge in [-0.05, 0) is 31.5 Å². The molecule has 1 saturated heterocycles. The van der Waals surface area contributed by atoms with Crippen molar-refractivity contribution in [2.45, 2.75) is 30.7 Å². The van der Waals surface area contributed by atoms with E-state index in [1.165, 1.54) is 0 Å². The number of benzene rings is 1. The van der Waals surface area contributed by atoms with E-state index in [0.29, 0.717) is 37.8 Å². The summed E-state index contributed by atoms with van der Waals surface area (Å²) in [5.74, 6) is 0.856. The Morgan fingerprint density at radius 3 is 2.86 bits per heavy atom. The van der Waals surface area contributed by atoms with Gasteiger partial charge in [-0.25, -0.2) is 8.42 Å². The highest BCUT2D eigenvalue weighted by atomic mass is 32.2. The molecule has 1 N–H and O–H groups in total. The zero-order chi connectivity index (χ0) is 15.6. The van der Waals surface area contributed by atoms with Crippen LogP contribution in [0.4, 0.5) is 0 Å². The summed E-state index contributed by atoms with van der Waals surface area (Å²) in [5.41, 5.74) is 0. The molecule has 1 aromatic rings. The molecule has 0 aliphatic carbocycles. The molecule has 2 aliphatic heterocycles. The number of hydrogen-bond acceptors (Lipinski definition) is 5. The molecule has 1 atom stereocenters. The van der Waals surface area contributed by atoms with Crippen molar-refractivity contribution in [3.8, 4) is 11.5 Å².